The third-order valence-corrected chi connectivity index (χ3v) is 7.26. The summed E-state index contributed by atoms with van der Waals surface area (Å²) in [4.78, 5) is 67.4. The molecule has 0 bridgehead atoms. The van der Waals surface area contributed by atoms with Gasteiger partial charge in [0.2, 0.25) is 23.6 Å². The van der Waals surface area contributed by atoms with Crippen LogP contribution in [0.15, 0.2) is 24.3 Å². The van der Waals surface area contributed by atoms with E-state index in [0.717, 1.165) is 0 Å². The van der Waals surface area contributed by atoms with Gasteiger partial charge in [0, 0.05) is 26.1 Å². The summed E-state index contributed by atoms with van der Waals surface area (Å²) in [6.45, 7) is 12.7. The molecule has 1 spiro atoms. The number of likely N-dealkylation sites (tertiary alicyclic amines) is 1. The number of phenols is 1. The summed E-state index contributed by atoms with van der Waals surface area (Å²) in [5, 5.41) is 24.0. The van der Waals surface area contributed by atoms with Crippen molar-refractivity contribution in [3.8, 4) is 5.75 Å². The molecule has 0 aromatic heterocycles. The second-order valence-electron chi connectivity index (χ2n) is 13.1. The molecule has 238 valence electrons. The van der Waals surface area contributed by atoms with Crippen molar-refractivity contribution in [3.63, 3.8) is 0 Å². The predicted molar refractivity (Wildman–Crippen MR) is 159 cm³/mol. The molecule has 13 nitrogen and oxygen atoms in total. The number of hydrogen-bond donors (Lipinski definition) is 6. The summed E-state index contributed by atoms with van der Waals surface area (Å²) in [5.41, 5.74) is -0.860. The molecule has 1 aromatic rings. The Balaban J connectivity index is 1.90. The summed E-state index contributed by atoms with van der Waals surface area (Å²) < 4.78 is 5.47. The van der Waals surface area contributed by atoms with Crippen LogP contribution in [0.4, 0.5) is 4.79 Å². The number of carbonyl (C=O) groups excluding carboxylic acids is 5. The maximum absolute atomic E-state index is 13.6. The molecule has 2 aliphatic rings. The van der Waals surface area contributed by atoms with Crippen LogP contribution in [0, 0.1) is 5.92 Å². The number of benzene rings is 1. The van der Waals surface area contributed by atoms with Gasteiger partial charge in [-0.3, -0.25) is 24.5 Å². The fraction of sp³-hybridized carbons (Fsp3) is 0.633. The number of rotatable bonds is 4. The van der Waals surface area contributed by atoms with Gasteiger partial charge in [-0.1, -0.05) is 26.0 Å². The zero-order chi connectivity index (χ0) is 32.1. The van der Waals surface area contributed by atoms with E-state index in [0.29, 0.717) is 12.0 Å². The van der Waals surface area contributed by atoms with Crippen molar-refractivity contribution < 1.29 is 33.8 Å². The number of nitrogens with zero attached hydrogens (tertiary/aromatic N) is 1. The van der Waals surface area contributed by atoms with Crippen molar-refractivity contribution in [2.45, 2.75) is 96.6 Å². The molecule has 2 heterocycles. The first-order chi connectivity index (χ1) is 20.0. The number of phenolic OH excluding ortho intramolecular Hbond substituents is 1. The van der Waals surface area contributed by atoms with E-state index in [-0.39, 0.29) is 37.7 Å². The molecule has 6 N–H and O–H groups in total. The highest BCUT2D eigenvalue weighted by Crippen LogP contribution is 2.24. The Morgan fingerprint density at radius 1 is 0.930 bits per heavy atom. The van der Waals surface area contributed by atoms with Gasteiger partial charge in [-0.05, 0) is 64.7 Å². The second-order valence-corrected chi connectivity index (χ2v) is 13.1. The minimum atomic E-state index is -1.04. The van der Waals surface area contributed by atoms with Crippen LogP contribution in [-0.2, 0) is 30.3 Å². The molecule has 13 heteroatoms. The molecule has 4 unspecified atom stereocenters. The molecule has 2 aliphatic heterocycles. The fourth-order valence-electron chi connectivity index (χ4n) is 5.06. The van der Waals surface area contributed by atoms with Crippen molar-refractivity contribution in [2.24, 2.45) is 5.92 Å². The fourth-order valence-corrected chi connectivity index (χ4v) is 5.06. The van der Waals surface area contributed by atoms with Crippen LogP contribution in [0.3, 0.4) is 0 Å². The first kappa shape index (κ1) is 33.6. The van der Waals surface area contributed by atoms with Crippen LogP contribution in [-0.4, -0.2) is 94.7 Å². The molecule has 2 saturated heterocycles. The molecule has 4 atom stereocenters. The largest absolute Gasteiger partial charge is 0.508 e. The summed E-state index contributed by atoms with van der Waals surface area (Å²) >= 11 is 0. The Labute approximate surface area is 252 Å². The van der Waals surface area contributed by atoms with E-state index in [1.165, 1.54) is 17.0 Å². The van der Waals surface area contributed by atoms with Gasteiger partial charge in [0.15, 0.2) is 0 Å². The average Bonchev–Trinajstić information content (AvgIpc) is 2.87. The maximum Gasteiger partial charge on any atom is 0.410 e. The summed E-state index contributed by atoms with van der Waals surface area (Å²) in [7, 11) is 0. The Morgan fingerprint density at radius 3 is 2.09 bits per heavy atom. The number of carbonyl (C=O) groups is 5. The van der Waals surface area contributed by atoms with E-state index in [4.69, 9.17) is 4.74 Å². The molecule has 43 heavy (non-hydrogen) atoms. The number of aromatic hydroxyl groups is 1. The van der Waals surface area contributed by atoms with Crippen molar-refractivity contribution in [3.05, 3.63) is 29.8 Å². The van der Waals surface area contributed by atoms with E-state index in [1.54, 1.807) is 46.8 Å². The first-order valence-electron chi connectivity index (χ1n) is 14.7. The number of hydrogen-bond acceptors (Lipinski definition) is 8. The van der Waals surface area contributed by atoms with Crippen LogP contribution in [0.1, 0.15) is 60.5 Å². The molecule has 0 aliphatic carbocycles. The van der Waals surface area contributed by atoms with Gasteiger partial charge in [0.05, 0.1) is 11.6 Å². The Hall–Kier alpha value is -3.87. The van der Waals surface area contributed by atoms with Crippen LogP contribution < -0.4 is 26.6 Å². The lowest BCUT2D eigenvalue weighted by molar-refractivity contribution is -0.134. The van der Waals surface area contributed by atoms with Crippen molar-refractivity contribution >= 4 is 29.7 Å². The molecule has 2 fully saturated rings. The van der Waals surface area contributed by atoms with Gasteiger partial charge in [-0.25, -0.2) is 4.79 Å². The third kappa shape index (κ3) is 9.57. The minimum Gasteiger partial charge on any atom is -0.508 e. The van der Waals surface area contributed by atoms with Gasteiger partial charge in [-0.15, -0.1) is 0 Å². The van der Waals surface area contributed by atoms with Crippen LogP contribution in [0.5, 0.6) is 5.75 Å². The van der Waals surface area contributed by atoms with Crippen LogP contribution in [0.2, 0.25) is 0 Å². The molecular weight excluding hydrogens is 556 g/mol. The van der Waals surface area contributed by atoms with Gasteiger partial charge < -0.3 is 36.0 Å². The predicted octanol–water partition coefficient (Wildman–Crippen LogP) is 0.553. The molecular formula is C30H46N6O7. The highest BCUT2D eigenvalue weighted by Gasteiger charge is 2.48. The minimum absolute atomic E-state index is 0.0445. The highest BCUT2D eigenvalue weighted by atomic mass is 16.6. The van der Waals surface area contributed by atoms with Crippen LogP contribution >= 0.6 is 0 Å². The van der Waals surface area contributed by atoms with Gasteiger partial charge in [0.1, 0.15) is 29.5 Å². The number of ether oxygens (including phenoxy) is 1. The van der Waals surface area contributed by atoms with E-state index in [1.807, 2.05) is 13.8 Å². The highest BCUT2D eigenvalue weighted by molar-refractivity contribution is 5.95. The zero-order valence-corrected chi connectivity index (χ0v) is 26.1. The topological polar surface area (TPSA) is 178 Å². The number of amides is 5. The zero-order valence-electron chi connectivity index (χ0n) is 26.1. The number of nitrogens with one attached hydrogen (secondary N) is 5. The quantitative estimate of drug-likeness (QED) is 0.289. The second kappa shape index (κ2) is 13.6. The molecule has 1 aromatic carbocycles. The smallest absolute Gasteiger partial charge is 0.410 e. The normalized spacial score (nSPS) is 25.4. The average molecular weight is 603 g/mol. The van der Waals surface area contributed by atoms with E-state index < -0.39 is 65.0 Å². The maximum atomic E-state index is 13.6. The summed E-state index contributed by atoms with van der Waals surface area (Å²) in [6, 6.07) is 2.57. The van der Waals surface area contributed by atoms with Crippen molar-refractivity contribution in [2.75, 3.05) is 19.6 Å². The van der Waals surface area contributed by atoms with Gasteiger partial charge >= 0.3 is 6.09 Å². The Bertz CT molecular complexity index is 1190. The molecule has 0 saturated carbocycles. The Morgan fingerprint density at radius 2 is 1.51 bits per heavy atom. The molecule has 0 radical (unpaired) electrons. The monoisotopic (exact) mass is 602 g/mol. The lowest BCUT2D eigenvalue weighted by Crippen LogP contribution is -2.76. The lowest BCUT2D eigenvalue weighted by Gasteiger charge is -2.51. The lowest BCUT2D eigenvalue weighted by atomic mass is 9.88. The third-order valence-electron chi connectivity index (χ3n) is 7.26. The molecule has 3 rings (SSSR count). The summed E-state index contributed by atoms with van der Waals surface area (Å²) in [6.07, 6.45) is -0.0937. The SMILES string of the molecule is CC(C)CC1NC(=O)C(Cc2ccc(O)cc2)NC(=O)C(C)NC2(CNC(=O)C(C)NC1=O)CN(C(=O)OC(C)(C)C)C2. The van der Waals surface area contributed by atoms with E-state index in [9.17, 15) is 29.1 Å². The molecule has 5 amide bonds. The van der Waals surface area contributed by atoms with Crippen molar-refractivity contribution in [1.82, 2.24) is 31.5 Å². The van der Waals surface area contributed by atoms with Crippen molar-refractivity contribution in [1.29, 1.82) is 0 Å². The first-order valence-corrected chi connectivity index (χ1v) is 14.7. The van der Waals surface area contributed by atoms with Crippen LogP contribution in [0.25, 0.3) is 0 Å². The van der Waals surface area contributed by atoms with E-state index in [2.05, 4.69) is 26.6 Å². The van der Waals surface area contributed by atoms with Gasteiger partial charge in [0.25, 0.3) is 0 Å². The standard InChI is InChI=1S/C30H46N6O7/c1-17(2)12-22-26(40)32-18(3)24(38)31-14-30(15-36(16-30)28(42)43-29(5,6)7)35-19(4)25(39)33-23(27(41)34-22)13-20-8-10-21(37)11-9-20/h8-11,17-19,22-23,35,37H,12-16H2,1-7H3,(H,31,38)(H,32,40)(H,33,39)(H,34,41). The van der Waals surface area contributed by atoms with E-state index >= 15 is 0 Å². The Kier molecular flexibility index (Phi) is 10.7. The van der Waals surface area contributed by atoms with Gasteiger partial charge in [-0.2, -0.15) is 0 Å². The summed E-state index contributed by atoms with van der Waals surface area (Å²) in [5.74, 6) is -1.89.